The number of carbonyl (C=O) groups excluding carboxylic acids is 1. The highest BCUT2D eigenvalue weighted by molar-refractivity contribution is 6.30. The molecule has 1 amide bonds. The summed E-state index contributed by atoms with van der Waals surface area (Å²) in [5, 5.41) is 6.70. The summed E-state index contributed by atoms with van der Waals surface area (Å²) >= 11 is 5.78. The van der Waals surface area contributed by atoms with Gasteiger partial charge >= 0.3 is 0 Å². The summed E-state index contributed by atoms with van der Waals surface area (Å²) in [5.74, 6) is 0.0141. The van der Waals surface area contributed by atoms with Gasteiger partial charge in [0, 0.05) is 17.6 Å². The monoisotopic (exact) mass is 254 g/mol. The minimum atomic E-state index is 0.0141. The summed E-state index contributed by atoms with van der Waals surface area (Å²) in [4.78, 5) is 11.5. The van der Waals surface area contributed by atoms with Gasteiger partial charge in [0.25, 0.3) is 0 Å². The molecule has 0 aliphatic rings. The molecule has 17 heavy (non-hydrogen) atoms. The number of hydrogen-bond acceptors (Lipinski definition) is 2. The molecule has 0 spiro atoms. The molecule has 2 N–H and O–H groups in total. The molecule has 0 aliphatic heterocycles. The van der Waals surface area contributed by atoms with E-state index in [9.17, 15) is 4.79 Å². The molecule has 0 bridgehead atoms. The van der Waals surface area contributed by atoms with Gasteiger partial charge in [-0.05, 0) is 31.0 Å². The van der Waals surface area contributed by atoms with Crippen LogP contribution in [-0.4, -0.2) is 18.5 Å². The maximum Gasteiger partial charge on any atom is 0.234 e. The van der Waals surface area contributed by atoms with Gasteiger partial charge in [-0.2, -0.15) is 0 Å². The van der Waals surface area contributed by atoms with Gasteiger partial charge in [0.2, 0.25) is 5.91 Å². The Hall–Kier alpha value is -1.06. The van der Waals surface area contributed by atoms with E-state index in [0.717, 1.165) is 12.0 Å². The quantitative estimate of drug-likeness (QED) is 0.818. The van der Waals surface area contributed by atoms with Crippen LogP contribution < -0.4 is 10.6 Å². The molecule has 3 nitrogen and oxygen atoms in total. The van der Waals surface area contributed by atoms with Crippen LogP contribution in [0.3, 0.4) is 0 Å². The zero-order valence-corrected chi connectivity index (χ0v) is 11.1. The topological polar surface area (TPSA) is 41.1 Å². The van der Waals surface area contributed by atoms with Crippen LogP contribution in [0.15, 0.2) is 24.3 Å². The standard InChI is InChI=1S/C13H19ClN2O/c1-3-10(2)15-9-13(17)16-8-11-4-6-12(14)7-5-11/h4-7,10,15H,3,8-9H2,1-2H3,(H,16,17). The van der Waals surface area contributed by atoms with Gasteiger partial charge in [-0.1, -0.05) is 30.7 Å². The number of hydrogen-bond donors (Lipinski definition) is 2. The van der Waals surface area contributed by atoms with Gasteiger partial charge in [-0.15, -0.1) is 0 Å². The zero-order valence-electron chi connectivity index (χ0n) is 10.3. The fourth-order valence-electron chi connectivity index (χ4n) is 1.28. The zero-order chi connectivity index (χ0) is 12.7. The Bertz CT molecular complexity index is 351. The second kappa shape index (κ2) is 7.30. The van der Waals surface area contributed by atoms with E-state index in [0.29, 0.717) is 24.2 Å². The number of nitrogens with one attached hydrogen (secondary N) is 2. The van der Waals surface area contributed by atoms with Crippen molar-refractivity contribution in [2.45, 2.75) is 32.9 Å². The average Bonchev–Trinajstić information content (AvgIpc) is 2.35. The number of carbonyl (C=O) groups is 1. The van der Waals surface area contributed by atoms with Gasteiger partial charge < -0.3 is 10.6 Å². The van der Waals surface area contributed by atoms with Crippen LogP contribution >= 0.6 is 11.6 Å². The third-order valence-electron chi connectivity index (χ3n) is 2.63. The number of amides is 1. The third kappa shape index (κ3) is 5.71. The predicted molar refractivity (Wildman–Crippen MR) is 71.1 cm³/mol. The second-order valence-corrected chi connectivity index (χ2v) is 4.53. The fraction of sp³-hybridized carbons (Fsp3) is 0.462. The molecule has 0 saturated carbocycles. The molecule has 4 heteroatoms. The Morgan fingerprint density at radius 1 is 1.35 bits per heavy atom. The van der Waals surface area contributed by atoms with Crippen LogP contribution in [0.2, 0.25) is 5.02 Å². The summed E-state index contributed by atoms with van der Waals surface area (Å²) < 4.78 is 0. The Balaban J connectivity index is 2.26. The van der Waals surface area contributed by atoms with Crippen molar-refractivity contribution in [2.75, 3.05) is 6.54 Å². The summed E-state index contributed by atoms with van der Waals surface area (Å²) in [6.07, 6.45) is 1.02. The average molecular weight is 255 g/mol. The fourth-order valence-corrected chi connectivity index (χ4v) is 1.40. The van der Waals surface area contributed by atoms with Gasteiger partial charge in [0.05, 0.1) is 6.54 Å². The molecule has 94 valence electrons. The normalized spacial score (nSPS) is 12.2. The van der Waals surface area contributed by atoms with Crippen molar-refractivity contribution in [2.24, 2.45) is 0 Å². The SMILES string of the molecule is CCC(C)NCC(=O)NCc1ccc(Cl)cc1. The van der Waals surface area contributed by atoms with Crippen molar-refractivity contribution in [3.8, 4) is 0 Å². The van der Waals surface area contributed by atoms with Gasteiger partial charge in [-0.25, -0.2) is 0 Å². The van der Waals surface area contributed by atoms with Crippen LogP contribution in [0.25, 0.3) is 0 Å². The minimum absolute atomic E-state index is 0.0141. The predicted octanol–water partition coefficient (Wildman–Crippen LogP) is 2.34. The second-order valence-electron chi connectivity index (χ2n) is 4.09. The van der Waals surface area contributed by atoms with E-state index >= 15 is 0 Å². The van der Waals surface area contributed by atoms with E-state index in [1.54, 1.807) is 0 Å². The molecule has 0 aliphatic carbocycles. The highest BCUT2D eigenvalue weighted by atomic mass is 35.5. The van der Waals surface area contributed by atoms with E-state index in [1.807, 2.05) is 24.3 Å². The molecule has 0 heterocycles. The lowest BCUT2D eigenvalue weighted by atomic mass is 10.2. The molecule has 1 aromatic carbocycles. The van der Waals surface area contributed by atoms with Gasteiger partial charge in [0.1, 0.15) is 0 Å². The van der Waals surface area contributed by atoms with Crippen LogP contribution in [0.4, 0.5) is 0 Å². The first-order chi connectivity index (χ1) is 8.11. The molecule has 1 unspecified atom stereocenters. The summed E-state index contributed by atoms with van der Waals surface area (Å²) in [6.45, 7) is 5.05. The minimum Gasteiger partial charge on any atom is -0.351 e. The van der Waals surface area contributed by atoms with Crippen molar-refractivity contribution in [3.05, 3.63) is 34.9 Å². The largest absolute Gasteiger partial charge is 0.351 e. The Morgan fingerprint density at radius 3 is 2.59 bits per heavy atom. The van der Waals surface area contributed by atoms with Crippen molar-refractivity contribution >= 4 is 17.5 Å². The molecule has 0 radical (unpaired) electrons. The van der Waals surface area contributed by atoms with Crippen molar-refractivity contribution in [1.29, 1.82) is 0 Å². The Kier molecular flexibility index (Phi) is 6.01. The molecule has 1 aromatic rings. The molecule has 1 rings (SSSR count). The molecule has 0 saturated heterocycles. The highest BCUT2D eigenvalue weighted by Crippen LogP contribution is 2.08. The van der Waals surface area contributed by atoms with Crippen molar-refractivity contribution in [3.63, 3.8) is 0 Å². The third-order valence-corrected chi connectivity index (χ3v) is 2.88. The molecule has 1 atom stereocenters. The van der Waals surface area contributed by atoms with Crippen LogP contribution in [0.5, 0.6) is 0 Å². The van der Waals surface area contributed by atoms with E-state index in [2.05, 4.69) is 24.5 Å². The Morgan fingerprint density at radius 2 is 2.00 bits per heavy atom. The van der Waals surface area contributed by atoms with E-state index in [4.69, 9.17) is 11.6 Å². The van der Waals surface area contributed by atoms with Crippen LogP contribution in [-0.2, 0) is 11.3 Å². The number of benzene rings is 1. The summed E-state index contributed by atoms with van der Waals surface area (Å²) in [7, 11) is 0. The number of halogens is 1. The molecular formula is C13H19ClN2O. The first-order valence-corrected chi connectivity index (χ1v) is 6.24. The van der Waals surface area contributed by atoms with E-state index < -0.39 is 0 Å². The highest BCUT2D eigenvalue weighted by Gasteiger charge is 2.03. The van der Waals surface area contributed by atoms with Gasteiger partial charge in [0.15, 0.2) is 0 Å². The summed E-state index contributed by atoms with van der Waals surface area (Å²) in [6, 6.07) is 7.83. The Labute approximate surface area is 108 Å². The lowest BCUT2D eigenvalue weighted by Gasteiger charge is -2.11. The summed E-state index contributed by atoms with van der Waals surface area (Å²) in [5.41, 5.74) is 1.05. The maximum absolute atomic E-state index is 11.5. The molecule has 0 fully saturated rings. The van der Waals surface area contributed by atoms with Gasteiger partial charge in [-0.3, -0.25) is 4.79 Å². The van der Waals surface area contributed by atoms with Crippen molar-refractivity contribution in [1.82, 2.24) is 10.6 Å². The first kappa shape index (κ1) is 14.0. The van der Waals surface area contributed by atoms with Crippen LogP contribution in [0, 0.1) is 0 Å². The maximum atomic E-state index is 11.5. The molecular weight excluding hydrogens is 236 g/mol. The lowest BCUT2D eigenvalue weighted by molar-refractivity contribution is -0.120. The number of rotatable bonds is 6. The van der Waals surface area contributed by atoms with E-state index in [1.165, 1.54) is 0 Å². The van der Waals surface area contributed by atoms with Crippen molar-refractivity contribution < 1.29 is 4.79 Å². The lowest BCUT2D eigenvalue weighted by Crippen LogP contribution is -2.37. The van der Waals surface area contributed by atoms with E-state index in [-0.39, 0.29) is 5.91 Å². The molecule has 0 aromatic heterocycles. The first-order valence-electron chi connectivity index (χ1n) is 5.86. The smallest absolute Gasteiger partial charge is 0.234 e. The van der Waals surface area contributed by atoms with Crippen LogP contribution in [0.1, 0.15) is 25.8 Å².